The van der Waals surface area contributed by atoms with Crippen LogP contribution in [0.5, 0.6) is 0 Å². The molecule has 1 unspecified atom stereocenters. The summed E-state index contributed by atoms with van der Waals surface area (Å²) in [5.74, 6) is -0.0121. The first kappa shape index (κ1) is 24.1. The highest BCUT2D eigenvalue weighted by molar-refractivity contribution is 7.89. The summed E-state index contributed by atoms with van der Waals surface area (Å²) >= 11 is 0. The van der Waals surface area contributed by atoms with Gasteiger partial charge in [0.2, 0.25) is 10.0 Å². The number of carbonyl (C=O) groups excluding carboxylic acids is 1. The van der Waals surface area contributed by atoms with Gasteiger partial charge >= 0.3 is 0 Å². The molecule has 4 heterocycles. The highest BCUT2D eigenvalue weighted by atomic mass is 32.2. The van der Waals surface area contributed by atoms with E-state index in [0.717, 1.165) is 89.9 Å². The summed E-state index contributed by atoms with van der Waals surface area (Å²) in [6, 6.07) is 5.70. The van der Waals surface area contributed by atoms with Gasteiger partial charge in [0.25, 0.3) is 5.91 Å². The first-order valence-corrected chi connectivity index (χ1v) is 14.9. The van der Waals surface area contributed by atoms with Gasteiger partial charge in [-0.05, 0) is 89.1 Å². The molecule has 0 aliphatic carbocycles. The maximum absolute atomic E-state index is 13.8. The third kappa shape index (κ3) is 5.00. The van der Waals surface area contributed by atoms with Crippen LogP contribution in [-0.2, 0) is 10.0 Å². The molecule has 8 heteroatoms. The molecular formula is C26H40N4O3S. The van der Waals surface area contributed by atoms with Crippen molar-refractivity contribution in [3.63, 3.8) is 0 Å². The summed E-state index contributed by atoms with van der Waals surface area (Å²) in [4.78, 5) is 20.7. The second kappa shape index (κ2) is 10.5. The Morgan fingerprint density at radius 1 is 0.794 bits per heavy atom. The predicted octanol–water partition coefficient (Wildman–Crippen LogP) is 3.55. The molecule has 0 aromatic heterocycles. The highest BCUT2D eigenvalue weighted by Crippen LogP contribution is 2.33. The van der Waals surface area contributed by atoms with E-state index >= 15 is 0 Å². The molecular weight excluding hydrogens is 448 g/mol. The number of benzene rings is 1. The summed E-state index contributed by atoms with van der Waals surface area (Å²) in [6.45, 7) is 6.85. The molecule has 0 bridgehead atoms. The quantitative estimate of drug-likeness (QED) is 0.613. The summed E-state index contributed by atoms with van der Waals surface area (Å²) in [7, 11) is -3.64. The second-order valence-corrected chi connectivity index (χ2v) is 12.4. The van der Waals surface area contributed by atoms with Gasteiger partial charge in [-0.25, -0.2) is 8.42 Å². The van der Waals surface area contributed by atoms with Gasteiger partial charge in [0.05, 0.1) is 5.69 Å². The van der Waals surface area contributed by atoms with Crippen LogP contribution in [0.4, 0.5) is 5.69 Å². The van der Waals surface area contributed by atoms with Crippen LogP contribution in [0.1, 0.15) is 74.6 Å². The number of anilines is 1. The zero-order valence-corrected chi connectivity index (χ0v) is 21.3. The van der Waals surface area contributed by atoms with Gasteiger partial charge in [0.1, 0.15) is 4.90 Å². The van der Waals surface area contributed by atoms with Gasteiger partial charge in [-0.15, -0.1) is 0 Å². The minimum absolute atomic E-state index is 0.0121. The Morgan fingerprint density at radius 3 is 2.15 bits per heavy atom. The topological polar surface area (TPSA) is 64.2 Å². The summed E-state index contributed by atoms with van der Waals surface area (Å²) in [5, 5.41) is 0. The zero-order chi connectivity index (χ0) is 23.5. The van der Waals surface area contributed by atoms with Gasteiger partial charge in [0, 0.05) is 50.9 Å². The molecule has 0 spiro atoms. The first-order chi connectivity index (χ1) is 16.5. The molecule has 4 saturated heterocycles. The smallest absolute Gasteiger partial charge is 0.254 e. The molecule has 1 aromatic rings. The van der Waals surface area contributed by atoms with E-state index < -0.39 is 10.0 Å². The summed E-state index contributed by atoms with van der Waals surface area (Å²) in [6.07, 6.45) is 10.8. The van der Waals surface area contributed by atoms with Gasteiger partial charge in [-0.2, -0.15) is 4.31 Å². The molecule has 4 aliphatic rings. The third-order valence-corrected chi connectivity index (χ3v) is 10.1. The van der Waals surface area contributed by atoms with E-state index in [1.807, 2.05) is 17.0 Å². The zero-order valence-electron chi connectivity index (χ0n) is 20.5. The van der Waals surface area contributed by atoms with Crippen molar-refractivity contribution in [2.75, 3.05) is 57.3 Å². The van der Waals surface area contributed by atoms with Crippen molar-refractivity contribution in [1.82, 2.24) is 14.1 Å². The Morgan fingerprint density at radius 2 is 1.44 bits per heavy atom. The maximum Gasteiger partial charge on any atom is 0.254 e. The Balaban J connectivity index is 1.44. The molecule has 1 amide bonds. The fraction of sp³-hybridized carbons (Fsp3) is 0.731. The van der Waals surface area contributed by atoms with Crippen molar-refractivity contribution < 1.29 is 13.2 Å². The fourth-order valence-corrected chi connectivity index (χ4v) is 7.97. The molecule has 5 rings (SSSR count). The standard InChI is InChI=1S/C26H40N4O3S/c31-26(30-19-9-10-23(30)21-27-13-7-8-14-27)22-11-12-24(28-15-3-1-4-16-28)25(20-22)34(32,33)29-17-5-2-6-18-29/h11-12,20,23H,1-10,13-19,21H2. The number of nitrogens with zero attached hydrogens (tertiary/aromatic N) is 4. The van der Waals surface area contributed by atoms with Crippen LogP contribution < -0.4 is 4.90 Å². The number of piperidine rings is 2. The number of hydrogen-bond donors (Lipinski definition) is 0. The third-order valence-electron chi connectivity index (χ3n) is 8.14. The van der Waals surface area contributed by atoms with Crippen molar-refractivity contribution in [2.45, 2.75) is 75.1 Å². The first-order valence-electron chi connectivity index (χ1n) is 13.5. The fourth-order valence-electron chi connectivity index (χ4n) is 6.22. The number of sulfonamides is 1. The van der Waals surface area contributed by atoms with Crippen molar-refractivity contribution in [3.8, 4) is 0 Å². The molecule has 188 valence electrons. The molecule has 7 nitrogen and oxygen atoms in total. The van der Waals surface area contributed by atoms with Gasteiger partial charge in [0.15, 0.2) is 0 Å². The lowest BCUT2D eigenvalue weighted by Gasteiger charge is -2.33. The van der Waals surface area contributed by atoms with E-state index in [1.165, 1.54) is 19.3 Å². The molecule has 34 heavy (non-hydrogen) atoms. The monoisotopic (exact) mass is 488 g/mol. The van der Waals surface area contributed by atoms with Gasteiger partial charge in [-0.3, -0.25) is 4.79 Å². The van der Waals surface area contributed by atoms with E-state index in [2.05, 4.69) is 9.80 Å². The molecule has 4 aliphatic heterocycles. The van der Waals surface area contributed by atoms with Gasteiger partial charge < -0.3 is 14.7 Å². The van der Waals surface area contributed by atoms with Crippen molar-refractivity contribution >= 4 is 21.6 Å². The normalized spacial score (nSPS) is 25.2. The molecule has 0 radical (unpaired) electrons. The van der Waals surface area contributed by atoms with Crippen LogP contribution in [0.3, 0.4) is 0 Å². The van der Waals surface area contributed by atoms with Gasteiger partial charge in [-0.1, -0.05) is 6.42 Å². The van der Waals surface area contributed by atoms with Crippen molar-refractivity contribution in [1.29, 1.82) is 0 Å². The lowest BCUT2D eigenvalue weighted by atomic mass is 10.1. The van der Waals surface area contributed by atoms with Crippen molar-refractivity contribution in [2.24, 2.45) is 0 Å². The number of likely N-dealkylation sites (tertiary alicyclic amines) is 2. The van der Waals surface area contributed by atoms with Crippen LogP contribution in [0, 0.1) is 0 Å². The minimum Gasteiger partial charge on any atom is -0.370 e. The van der Waals surface area contributed by atoms with Crippen LogP contribution in [0.2, 0.25) is 0 Å². The average molecular weight is 489 g/mol. The summed E-state index contributed by atoms with van der Waals surface area (Å²) in [5.41, 5.74) is 1.29. The molecule has 0 N–H and O–H groups in total. The van der Waals surface area contributed by atoms with Crippen LogP contribution in [-0.4, -0.2) is 86.8 Å². The largest absolute Gasteiger partial charge is 0.370 e. The Kier molecular flexibility index (Phi) is 7.46. The second-order valence-electron chi connectivity index (χ2n) is 10.5. The molecule has 1 atom stereocenters. The molecule has 0 saturated carbocycles. The van der Waals surface area contributed by atoms with E-state index in [0.29, 0.717) is 23.5 Å². The van der Waals surface area contributed by atoms with Crippen LogP contribution in [0.25, 0.3) is 0 Å². The predicted molar refractivity (Wildman–Crippen MR) is 135 cm³/mol. The highest BCUT2D eigenvalue weighted by Gasteiger charge is 2.34. The van der Waals surface area contributed by atoms with E-state index in [1.54, 1.807) is 10.4 Å². The Bertz CT molecular complexity index is 964. The Hall–Kier alpha value is -1.64. The maximum atomic E-state index is 13.8. The van der Waals surface area contributed by atoms with Crippen LogP contribution in [0.15, 0.2) is 23.1 Å². The number of hydrogen-bond acceptors (Lipinski definition) is 5. The van der Waals surface area contributed by atoms with E-state index in [9.17, 15) is 13.2 Å². The van der Waals surface area contributed by atoms with Crippen LogP contribution >= 0.6 is 0 Å². The molecule has 1 aromatic carbocycles. The Labute approximate surface area is 205 Å². The number of amides is 1. The SMILES string of the molecule is O=C(c1ccc(N2CCCCC2)c(S(=O)(=O)N2CCCCC2)c1)N1CCCC1CN1CCCC1. The lowest BCUT2D eigenvalue weighted by Crippen LogP contribution is -2.42. The summed E-state index contributed by atoms with van der Waals surface area (Å²) < 4.78 is 29.3. The average Bonchev–Trinajstić information content (AvgIpc) is 3.57. The molecule has 4 fully saturated rings. The lowest BCUT2D eigenvalue weighted by molar-refractivity contribution is 0.0708. The van der Waals surface area contributed by atoms with E-state index in [-0.39, 0.29) is 11.9 Å². The minimum atomic E-state index is -3.64. The number of carbonyl (C=O) groups is 1. The van der Waals surface area contributed by atoms with Crippen molar-refractivity contribution in [3.05, 3.63) is 23.8 Å². The number of rotatable bonds is 6. The van der Waals surface area contributed by atoms with E-state index in [4.69, 9.17) is 0 Å².